The zero-order valence-corrected chi connectivity index (χ0v) is 12.1. The van der Waals surface area contributed by atoms with Gasteiger partial charge in [0.2, 0.25) is 12.4 Å². The molecule has 0 aliphatic carbocycles. The normalized spacial score (nSPS) is 24.6. The smallest absolute Gasteiger partial charge is 0.282 e. The largest absolute Gasteiger partial charge is 0.296 e. The van der Waals surface area contributed by atoms with Gasteiger partial charge in [0.15, 0.2) is 6.30 Å². The van der Waals surface area contributed by atoms with Crippen molar-refractivity contribution in [3.05, 3.63) is 35.2 Å². The summed E-state index contributed by atoms with van der Waals surface area (Å²) in [7, 11) is -3.72. The second kappa shape index (κ2) is 5.48. The summed E-state index contributed by atoms with van der Waals surface area (Å²) in [6.07, 6.45) is -4.54. The standard InChI is InChI=1S/C11H10ClF3N2O3S/c1-16-9(13)8(12)10(14)17(11(16)15)6-4-2-3-5-7(6)21(18,19)20/h2-5,9,11H,1H3,(H,18,19,20). The third-order valence-electron chi connectivity index (χ3n) is 2.93. The zero-order chi connectivity index (χ0) is 15.9. The highest BCUT2D eigenvalue weighted by atomic mass is 35.5. The minimum absolute atomic E-state index is 0.252. The monoisotopic (exact) mass is 342 g/mol. The molecule has 2 atom stereocenters. The molecule has 0 saturated carbocycles. The second-order valence-corrected chi connectivity index (χ2v) is 6.06. The predicted octanol–water partition coefficient (Wildman–Crippen LogP) is 2.61. The summed E-state index contributed by atoms with van der Waals surface area (Å²) >= 11 is 5.46. The number of para-hydroxylation sites is 1. The molecule has 0 radical (unpaired) electrons. The molecule has 1 heterocycles. The SMILES string of the molecule is CN1C(F)C(Cl)=C(F)N(c2ccccc2S(=O)(=O)O)C1F. The van der Waals surface area contributed by atoms with Gasteiger partial charge in [0.25, 0.3) is 10.1 Å². The molecule has 1 aliphatic rings. The fraction of sp³-hybridized carbons (Fsp3) is 0.273. The van der Waals surface area contributed by atoms with Crippen LogP contribution in [-0.2, 0) is 10.1 Å². The summed E-state index contributed by atoms with van der Waals surface area (Å²) in [4.78, 5) is -0.00812. The van der Waals surface area contributed by atoms with E-state index in [1.165, 1.54) is 12.1 Å². The van der Waals surface area contributed by atoms with Crippen LogP contribution in [0.3, 0.4) is 0 Å². The number of likely N-dealkylation sites (N-methyl/N-ethyl adjacent to an activating group) is 1. The Bertz CT molecular complexity index is 698. The van der Waals surface area contributed by atoms with Crippen molar-refractivity contribution in [2.24, 2.45) is 0 Å². The number of hydrogen-bond donors (Lipinski definition) is 1. The van der Waals surface area contributed by atoms with Crippen LogP contribution in [0.5, 0.6) is 0 Å². The fourth-order valence-corrected chi connectivity index (χ4v) is 2.80. The van der Waals surface area contributed by atoms with Gasteiger partial charge in [0, 0.05) is 0 Å². The Morgan fingerprint density at radius 2 is 1.86 bits per heavy atom. The van der Waals surface area contributed by atoms with Gasteiger partial charge in [-0.2, -0.15) is 12.8 Å². The molecule has 0 aromatic heterocycles. The van der Waals surface area contributed by atoms with E-state index in [9.17, 15) is 21.6 Å². The maximum atomic E-state index is 14.2. The van der Waals surface area contributed by atoms with E-state index in [4.69, 9.17) is 16.2 Å². The van der Waals surface area contributed by atoms with Crippen LogP contribution in [0.2, 0.25) is 0 Å². The first kappa shape index (κ1) is 16.1. The topological polar surface area (TPSA) is 60.9 Å². The van der Waals surface area contributed by atoms with Crippen LogP contribution in [0.1, 0.15) is 0 Å². The van der Waals surface area contributed by atoms with Crippen LogP contribution in [0.25, 0.3) is 0 Å². The zero-order valence-electron chi connectivity index (χ0n) is 10.5. The molecule has 2 unspecified atom stereocenters. The summed E-state index contributed by atoms with van der Waals surface area (Å²) in [6, 6.07) is 4.58. The van der Waals surface area contributed by atoms with Crippen LogP contribution in [0.15, 0.2) is 40.1 Å². The summed E-state index contributed by atoms with van der Waals surface area (Å²) in [5, 5.41) is -0.920. The van der Waals surface area contributed by atoms with E-state index in [1.54, 1.807) is 0 Å². The minimum Gasteiger partial charge on any atom is -0.282 e. The van der Waals surface area contributed by atoms with Crippen molar-refractivity contribution in [3.8, 4) is 0 Å². The second-order valence-electron chi connectivity index (χ2n) is 4.26. The molecule has 21 heavy (non-hydrogen) atoms. The number of benzene rings is 1. The Morgan fingerprint density at radius 1 is 1.29 bits per heavy atom. The van der Waals surface area contributed by atoms with E-state index in [1.807, 2.05) is 0 Å². The highest BCUT2D eigenvalue weighted by Crippen LogP contribution is 2.38. The highest BCUT2D eigenvalue weighted by Gasteiger charge is 2.41. The van der Waals surface area contributed by atoms with Crippen LogP contribution < -0.4 is 4.90 Å². The average Bonchev–Trinajstić information content (AvgIpc) is 2.43. The number of hydrogen-bond acceptors (Lipinski definition) is 4. The molecule has 1 aliphatic heterocycles. The van der Waals surface area contributed by atoms with Gasteiger partial charge in [-0.15, -0.1) is 0 Å². The van der Waals surface area contributed by atoms with Crippen molar-refractivity contribution < 1.29 is 26.1 Å². The fourth-order valence-electron chi connectivity index (χ4n) is 1.87. The first-order valence-corrected chi connectivity index (χ1v) is 7.39. The van der Waals surface area contributed by atoms with Gasteiger partial charge in [-0.25, -0.2) is 13.7 Å². The molecule has 0 spiro atoms. The van der Waals surface area contributed by atoms with E-state index in [0.29, 0.717) is 4.90 Å². The summed E-state index contributed by atoms with van der Waals surface area (Å²) < 4.78 is 73.5. The maximum Gasteiger partial charge on any atom is 0.296 e. The van der Waals surface area contributed by atoms with Gasteiger partial charge >= 0.3 is 0 Å². The quantitative estimate of drug-likeness (QED) is 0.661. The van der Waals surface area contributed by atoms with Crippen molar-refractivity contribution in [2.45, 2.75) is 17.6 Å². The molecule has 0 fully saturated rings. The molecule has 116 valence electrons. The molecular formula is C11H10ClF3N2O3S. The van der Waals surface area contributed by atoms with Crippen molar-refractivity contribution in [1.29, 1.82) is 0 Å². The van der Waals surface area contributed by atoms with Gasteiger partial charge < -0.3 is 0 Å². The van der Waals surface area contributed by atoms with Crippen molar-refractivity contribution in [1.82, 2.24) is 4.90 Å². The van der Waals surface area contributed by atoms with E-state index in [-0.39, 0.29) is 4.90 Å². The third-order valence-corrected chi connectivity index (χ3v) is 4.16. The predicted molar refractivity (Wildman–Crippen MR) is 70.3 cm³/mol. The minimum atomic E-state index is -4.73. The molecule has 1 N–H and O–H groups in total. The Hall–Kier alpha value is -1.29. The lowest BCUT2D eigenvalue weighted by molar-refractivity contribution is 0.0121. The Morgan fingerprint density at radius 3 is 2.43 bits per heavy atom. The Kier molecular flexibility index (Phi) is 4.20. The van der Waals surface area contributed by atoms with Crippen LogP contribution in [0, 0.1) is 0 Å². The number of nitrogens with zero attached hydrogens (tertiary/aromatic N) is 2. The summed E-state index contributed by atoms with van der Waals surface area (Å²) in [5.74, 6) is -1.47. The van der Waals surface area contributed by atoms with Gasteiger partial charge in [-0.05, 0) is 19.2 Å². The molecule has 1 aromatic carbocycles. The molecule has 0 amide bonds. The van der Waals surface area contributed by atoms with Crippen molar-refractivity contribution >= 4 is 27.4 Å². The first-order chi connectivity index (χ1) is 9.66. The molecule has 0 saturated heterocycles. The number of halogens is 4. The van der Waals surface area contributed by atoms with E-state index in [0.717, 1.165) is 19.2 Å². The van der Waals surface area contributed by atoms with Crippen LogP contribution >= 0.6 is 11.6 Å². The summed E-state index contributed by atoms with van der Waals surface area (Å²) in [6.45, 7) is 0. The molecule has 0 bridgehead atoms. The van der Waals surface area contributed by atoms with E-state index in [2.05, 4.69) is 0 Å². The lowest BCUT2D eigenvalue weighted by Crippen LogP contribution is -2.51. The van der Waals surface area contributed by atoms with Crippen molar-refractivity contribution in [3.63, 3.8) is 0 Å². The highest BCUT2D eigenvalue weighted by molar-refractivity contribution is 7.86. The van der Waals surface area contributed by atoms with Crippen molar-refractivity contribution in [2.75, 3.05) is 11.9 Å². The van der Waals surface area contributed by atoms with Crippen LogP contribution in [0.4, 0.5) is 18.9 Å². The third kappa shape index (κ3) is 2.73. The Balaban J connectivity index is 2.67. The number of anilines is 1. The molecule has 10 heteroatoms. The lowest BCUT2D eigenvalue weighted by Gasteiger charge is -2.38. The first-order valence-electron chi connectivity index (χ1n) is 5.57. The van der Waals surface area contributed by atoms with Gasteiger partial charge in [0.05, 0.1) is 5.69 Å². The van der Waals surface area contributed by atoms with Gasteiger partial charge in [-0.1, -0.05) is 23.7 Å². The van der Waals surface area contributed by atoms with Gasteiger partial charge in [0.1, 0.15) is 9.93 Å². The number of rotatable bonds is 2. The molecule has 1 aromatic rings. The van der Waals surface area contributed by atoms with E-state index < -0.39 is 44.4 Å². The molecular weight excluding hydrogens is 333 g/mol. The lowest BCUT2D eigenvalue weighted by atomic mass is 10.2. The summed E-state index contributed by atoms with van der Waals surface area (Å²) in [5.41, 5.74) is -0.498. The Labute approximate surface area is 124 Å². The number of alkyl halides is 2. The van der Waals surface area contributed by atoms with Gasteiger partial charge in [-0.3, -0.25) is 9.45 Å². The van der Waals surface area contributed by atoms with E-state index >= 15 is 0 Å². The maximum absolute atomic E-state index is 14.2. The molecule has 5 nitrogen and oxygen atoms in total. The van der Waals surface area contributed by atoms with Crippen LogP contribution in [-0.4, -0.2) is 37.6 Å². The molecule has 2 rings (SSSR count). The average molecular weight is 343 g/mol.